The number of hydrogen-bond donors (Lipinski definition) is 1. The molecule has 1 aliphatic rings. The Labute approximate surface area is 127 Å². The summed E-state index contributed by atoms with van der Waals surface area (Å²) < 4.78 is 5.09. The number of nitrogens with zero attached hydrogens (tertiary/aromatic N) is 1. The lowest BCUT2D eigenvalue weighted by molar-refractivity contribution is -0.130. The second-order valence-corrected chi connectivity index (χ2v) is 5.99. The standard InChI is InChI=1S/C17H26N2O2/c1-12(2)14-6-8-15(9-7-14)16-18-13(3)17(20)19(16)10-5-11-21-4/h6-9,12-13,16,18H,5,10-11H2,1-4H3. The first-order valence-electron chi connectivity index (χ1n) is 7.70. The topological polar surface area (TPSA) is 41.6 Å². The van der Waals surface area contributed by atoms with Gasteiger partial charge in [0.05, 0.1) is 6.04 Å². The van der Waals surface area contributed by atoms with Gasteiger partial charge in [0.1, 0.15) is 6.17 Å². The predicted octanol–water partition coefficient (Wildman–Crippen LogP) is 2.67. The molecule has 0 radical (unpaired) electrons. The zero-order valence-electron chi connectivity index (χ0n) is 13.4. The van der Waals surface area contributed by atoms with Crippen molar-refractivity contribution in [3.63, 3.8) is 0 Å². The molecule has 1 N–H and O–H groups in total. The fraction of sp³-hybridized carbons (Fsp3) is 0.588. The quantitative estimate of drug-likeness (QED) is 0.819. The third-order valence-corrected chi connectivity index (χ3v) is 4.04. The second kappa shape index (κ2) is 7.05. The van der Waals surface area contributed by atoms with Gasteiger partial charge in [0.2, 0.25) is 5.91 Å². The van der Waals surface area contributed by atoms with Crippen molar-refractivity contribution < 1.29 is 9.53 Å². The highest BCUT2D eigenvalue weighted by atomic mass is 16.5. The summed E-state index contributed by atoms with van der Waals surface area (Å²) >= 11 is 0. The molecule has 1 aromatic rings. The van der Waals surface area contributed by atoms with Crippen LogP contribution in [0.4, 0.5) is 0 Å². The van der Waals surface area contributed by atoms with Crippen LogP contribution in [0.2, 0.25) is 0 Å². The second-order valence-electron chi connectivity index (χ2n) is 5.99. The summed E-state index contributed by atoms with van der Waals surface area (Å²) in [6, 6.07) is 8.44. The van der Waals surface area contributed by atoms with E-state index in [1.165, 1.54) is 5.56 Å². The van der Waals surface area contributed by atoms with Gasteiger partial charge in [0, 0.05) is 20.3 Å². The van der Waals surface area contributed by atoms with Gasteiger partial charge in [0.15, 0.2) is 0 Å². The molecule has 1 amide bonds. The first-order chi connectivity index (χ1) is 10.0. The number of rotatable bonds is 6. The summed E-state index contributed by atoms with van der Waals surface area (Å²) in [6.07, 6.45) is 0.836. The van der Waals surface area contributed by atoms with Crippen LogP contribution >= 0.6 is 0 Å². The molecule has 21 heavy (non-hydrogen) atoms. The molecule has 1 aromatic carbocycles. The lowest BCUT2D eigenvalue weighted by Crippen LogP contribution is -2.32. The van der Waals surface area contributed by atoms with Crippen molar-refractivity contribution in [2.75, 3.05) is 20.3 Å². The monoisotopic (exact) mass is 290 g/mol. The van der Waals surface area contributed by atoms with Crippen LogP contribution in [0, 0.1) is 0 Å². The third kappa shape index (κ3) is 3.63. The summed E-state index contributed by atoms with van der Waals surface area (Å²) in [5.74, 6) is 0.693. The third-order valence-electron chi connectivity index (χ3n) is 4.04. The van der Waals surface area contributed by atoms with Gasteiger partial charge >= 0.3 is 0 Å². The maximum absolute atomic E-state index is 12.3. The fourth-order valence-corrected chi connectivity index (χ4v) is 2.73. The number of hydrogen-bond acceptors (Lipinski definition) is 3. The normalized spacial score (nSPS) is 22.3. The van der Waals surface area contributed by atoms with Crippen LogP contribution in [-0.2, 0) is 9.53 Å². The average Bonchev–Trinajstić information content (AvgIpc) is 2.76. The molecule has 0 aliphatic carbocycles. The Morgan fingerprint density at radius 3 is 2.52 bits per heavy atom. The number of ether oxygens (including phenoxy) is 1. The Balaban J connectivity index is 2.13. The number of carbonyl (C=O) groups is 1. The Morgan fingerprint density at radius 1 is 1.29 bits per heavy atom. The molecule has 1 heterocycles. The van der Waals surface area contributed by atoms with Crippen LogP contribution in [0.1, 0.15) is 50.4 Å². The van der Waals surface area contributed by atoms with E-state index >= 15 is 0 Å². The molecular formula is C17H26N2O2. The van der Waals surface area contributed by atoms with Crippen molar-refractivity contribution in [2.45, 2.75) is 45.3 Å². The Bertz CT molecular complexity index is 470. The maximum atomic E-state index is 12.3. The largest absolute Gasteiger partial charge is 0.385 e. The summed E-state index contributed by atoms with van der Waals surface area (Å²) in [5, 5.41) is 3.38. The van der Waals surface area contributed by atoms with E-state index in [9.17, 15) is 4.79 Å². The zero-order valence-corrected chi connectivity index (χ0v) is 13.4. The van der Waals surface area contributed by atoms with Gasteiger partial charge in [-0.15, -0.1) is 0 Å². The van der Waals surface area contributed by atoms with Crippen molar-refractivity contribution in [3.8, 4) is 0 Å². The summed E-state index contributed by atoms with van der Waals surface area (Å²) in [4.78, 5) is 14.2. The Kier molecular flexibility index (Phi) is 5.37. The van der Waals surface area contributed by atoms with Crippen LogP contribution in [0.5, 0.6) is 0 Å². The predicted molar refractivity (Wildman–Crippen MR) is 84.1 cm³/mol. The molecule has 1 fully saturated rings. The van der Waals surface area contributed by atoms with E-state index in [4.69, 9.17) is 4.74 Å². The van der Waals surface area contributed by atoms with Crippen molar-refractivity contribution in [3.05, 3.63) is 35.4 Å². The molecule has 1 aliphatic heterocycles. The van der Waals surface area contributed by atoms with E-state index in [1.807, 2.05) is 11.8 Å². The van der Waals surface area contributed by atoms with E-state index in [0.29, 0.717) is 12.5 Å². The minimum absolute atomic E-state index is 0.0226. The molecule has 4 heteroatoms. The molecule has 0 bridgehead atoms. The van der Waals surface area contributed by atoms with Crippen LogP contribution < -0.4 is 5.32 Å². The molecule has 2 atom stereocenters. The molecule has 4 nitrogen and oxygen atoms in total. The smallest absolute Gasteiger partial charge is 0.241 e. The molecule has 1 saturated heterocycles. The van der Waals surface area contributed by atoms with E-state index in [2.05, 4.69) is 43.4 Å². The molecule has 116 valence electrons. The van der Waals surface area contributed by atoms with Gasteiger partial charge < -0.3 is 9.64 Å². The van der Waals surface area contributed by atoms with Crippen LogP contribution in [0.3, 0.4) is 0 Å². The number of amides is 1. The van der Waals surface area contributed by atoms with Gasteiger partial charge in [-0.2, -0.15) is 0 Å². The highest BCUT2D eigenvalue weighted by Gasteiger charge is 2.36. The Morgan fingerprint density at radius 2 is 1.95 bits per heavy atom. The van der Waals surface area contributed by atoms with E-state index in [-0.39, 0.29) is 18.1 Å². The number of benzene rings is 1. The fourth-order valence-electron chi connectivity index (χ4n) is 2.73. The minimum atomic E-state index is -0.123. The summed E-state index contributed by atoms with van der Waals surface area (Å²) in [7, 11) is 1.69. The summed E-state index contributed by atoms with van der Waals surface area (Å²) in [6.45, 7) is 7.70. The number of methoxy groups -OCH3 is 1. The molecule has 0 saturated carbocycles. The van der Waals surface area contributed by atoms with E-state index in [0.717, 1.165) is 18.5 Å². The summed E-state index contributed by atoms with van der Waals surface area (Å²) in [5.41, 5.74) is 2.47. The first-order valence-corrected chi connectivity index (χ1v) is 7.70. The van der Waals surface area contributed by atoms with Crippen molar-refractivity contribution in [2.24, 2.45) is 0 Å². The zero-order chi connectivity index (χ0) is 15.4. The Hall–Kier alpha value is -1.39. The van der Waals surface area contributed by atoms with Gasteiger partial charge in [-0.25, -0.2) is 0 Å². The van der Waals surface area contributed by atoms with Crippen molar-refractivity contribution in [1.29, 1.82) is 0 Å². The molecule has 2 unspecified atom stereocenters. The van der Waals surface area contributed by atoms with Crippen LogP contribution in [0.25, 0.3) is 0 Å². The molecule has 0 aromatic heterocycles. The minimum Gasteiger partial charge on any atom is -0.385 e. The van der Waals surface area contributed by atoms with Crippen LogP contribution in [-0.4, -0.2) is 37.1 Å². The maximum Gasteiger partial charge on any atom is 0.241 e. The average molecular weight is 290 g/mol. The highest BCUT2D eigenvalue weighted by molar-refractivity contribution is 5.84. The number of carbonyl (C=O) groups excluding carboxylic acids is 1. The SMILES string of the molecule is COCCCN1C(=O)C(C)NC1c1ccc(C(C)C)cc1. The van der Waals surface area contributed by atoms with Gasteiger partial charge in [-0.1, -0.05) is 38.1 Å². The van der Waals surface area contributed by atoms with Gasteiger partial charge in [0.25, 0.3) is 0 Å². The lowest BCUT2D eigenvalue weighted by Gasteiger charge is -2.25. The first kappa shape index (κ1) is 16.0. The molecule has 0 spiro atoms. The van der Waals surface area contributed by atoms with Gasteiger partial charge in [-0.3, -0.25) is 10.1 Å². The van der Waals surface area contributed by atoms with Crippen LogP contribution in [0.15, 0.2) is 24.3 Å². The van der Waals surface area contributed by atoms with E-state index in [1.54, 1.807) is 7.11 Å². The highest BCUT2D eigenvalue weighted by Crippen LogP contribution is 2.26. The molecule has 2 rings (SSSR count). The number of nitrogens with one attached hydrogen (secondary N) is 1. The lowest BCUT2D eigenvalue weighted by atomic mass is 10.0. The van der Waals surface area contributed by atoms with Gasteiger partial charge in [-0.05, 0) is 30.4 Å². The van der Waals surface area contributed by atoms with Crippen molar-refractivity contribution in [1.82, 2.24) is 10.2 Å². The van der Waals surface area contributed by atoms with E-state index < -0.39 is 0 Å². The molecular weight excluding hydrogens is 264 g/mol. The van der Waals surface area contributed by atoms with Crippen molar-refractivity contribution >= 4 is 5.91 Å².